The first-order valence-corrected chi connectivity index (χ1v) is 9.20. The summed E-state index contributed by atoms with van der Waals surface area (Å²) >= 11 is 3.42. The van der Waals surface area contributed by atoms with Crippen molar-refractivity contribution in [3.05, 3.63) is 65.0 Å². The van der Waals surface area contributed by atoms with Gasteiger partial charge in [0, 0.05) is 35.3 Å². The zero-order valence-electron chi connectivity index (χ0n) is 14.5. The Morgan fingerprint density at radius 3 is 2.85 bits per heavy atom. The van der Waals surface area contributed by atoms with Gasteiger partial charge in [-0.25, -0.2) is 14.5 Å². The maximum atomic E-state index is 12.3. The van der Waals surface area contributed by atoms with E-state index in [1.807, 2.05) is 31.2 Å². The Hall–Kier alpha value is -3.00. The Morgan fingerprint density at radius 2 is 2.04 bits per heavy atom. The zero-order valence-corrected chi connectivity index (χ0v) is 16.1. The molecule has 8 heteroatoms. The zero-order chi connectivity index (χ0) is 18.8. The quantitative estimate of drug-likeness (QED) is 0.521. The normalized spacial score (nSPS) is 11.0. The van der Waals surface area contributed by atoms with Crippen LogP contribution in [0.4, 0.5) is 5.82 Å². The molecule has 27 heavy (non-hydrogen) atoms. The van der Waals surface area contributed by atoms with Crippen molar-refractivity contribution in [2.75, 3.05) is 5.32 Å². The van der Waals surface area contributed by atoms with E-state index in [2.05, 4.69) is 36.3 Å². The smallest absolute Gasteiger partial charge is 0.226 e. The van der Waals surface area contributed by atoms with Gasteiger partial charge in [-0.3, -0.25) is 4.79 Å². The molecule has 3 heterocycles. The fraction of sp³-hybridized carbons (Fsp3) is 0.158. The highest BCUT2D eigenvalue weighted by Crippen LogP contribution is 2.26. The number of hydrogen-bond donors (Lipinski definition) is 1. The molecule has 1 N–H and O–H groups in total. The molecule has 7 nitrogen and oxygen atoms in total. The summed E-state index contributed by atoms with van der Waals surface area (Å²) in [4.78, 5) is 20.9. The minimum Gasteiger partial charge on any atom is -0.440 e. The molecule has 0 fully saturated rings. The van der Waals surface area contributed by atoms with Crippen molar-refractivity contribution in [1.29, 1.82) is 0 Å². The standard InChI is InChI=1S/C19H16BrN5O2/c1-12-18(13-2-4-14(20)5-3-13)27-17(23-12)7-6-16(26)24-19-15-8-9-22-25(15)11-10-21-19/h2-5,8-11H,6-7H2,1H3,(H,21,24,26). The Labute approximate surface area is 163 Å². The molecular weight excluding hydrogens is 410 g/mol. The van der Waals surface area contributed by atoms with Crippen LogP contribution < -0.4 is 5.32 Å². The van der Waals surface area contributed by atoms with Crippen LogP contribution in [0.2, 0.25) is 0 Å². The predicted molar refractivity (Wildman–Crippen MR) is 104 cm³/mol. The van der Waals surface area contributed by atoms with Crippen LogP contribution in [-0.4, -0.2) is 25.5 Å². The van der Waals surface area contributed by atoms with Crippen LogP contribution in [0.5, 0.6) is 0 Å². The van der Waals surface area contributed by atoms with E-state index in [1.54, 1.807) is 29.2 Å². The highest BCUT2D eigenvalue weighted by Gasteiger charge is 2.14. The van der Waals surface area contributed by atoms with E-state index >= 15 is 0 Å². The van der Waals surface area contributed by atoms with Crippen LogP contribution in [0, 0.1) is 6.92 Å². The second-order valence-corrected chi connectivity index (χ2v) is 6.93. The fourth-order valence-electron chi connectivity index (χ4n) is 2.80. The van der Waals surface area contributed by atoms with Gasteiger partial charge in [-0.05, 0) is 25.1 Å². The number of oxazole rings is 1. The van der Waals surface area contributed by atoms with Crippen molar-refractivity contribution in [1.82, 2.24) is 19.6 Å². The lowest BCUT2D eigenvalue weighted by Gasteiger charge is -2.04. The maximum Gasteiger partial charge on any atom is 0.226 e. The van der Waals surface area contributed by atoms with Gasteiger partial charge in [0.05, 0.1) is 11.9 Å². The molecule has 1 aromatic carbocycles. The second-order valence-electron chi connectivity index (χ2n) is 6.01. The van der Waals surface area contributed by atoms with Gasteiger partial charge in [0.1, 0.15) is 5.52 Å². The van der Waals surface area contributed by atoms with Crippen molar-refractivity contribution in [3.8, 4) is 11.3 Å². The molecule has 1 amide bonds. The Kier molecular flexibility index (Phi) is 4.72. The average Bonchev–Trinajstić information content (AvgIpc) is 3.28. The van der Waals surface area contributed by atoms with Gasteiger partial charge in [-0.2, -0.15) is 5.10 Å². The summed E-state index contributed by atoms with van der Waals surface area (Å²) in [5.74, 6) is 1.59. The molecule has 0 bridgehead atoms. The molecule has 3 aromatic heterocycles. The van der Waals surface area contributed by atoms with Crippen LogP contribution in [-0.2, 0) is 11.2 Å². The number of nitrogens with zero attached hydrogens (tertiary/aromatic N) is 4. The lowest BCUT2D eigenvalue weighted by molar-refractivity contribution is -0.116. The van der Waals surface area contributed by atoms with Gasteiger partial charge in [0.15, 0.2) is 17.5 Å². The van der Waals surface area contributed by atoms with Gasteiger partial charge >= 0.3 is 0 Å². The highest BCUT2D eigenvalue weighted by atomic mass is 79.9. The molecule has 0 aliphatic carbocycles. The first kappa shape index (κ1) is 17.4. The fourth-order valence-corrected chi connectivity index (χ4v) is 3.06. The number of amides is 1. The van der Waals surface area contributed by atoms with E-state index in [1.165, 1.54) is 0 Å². The number of anilines is 1. The number of benzene rings is 1. The molecule has 0 saturated carbocycles. The van der Waals surface area contributed by atoms with Crippen LogP contribution in [0.3, 0.4) is 0 Å². The second kappa shape index (κ2) is 7.32. The topological polar surface area (TPSA) is 85.3 Å². The van der Waals surface area contributed by atoms with Crippen molar-refractivity contribution in [2.24, 2.45) is 0 Å². The van der Waals surface area contributed by atoms with Crippen LogP contribution in [0.25, 0.3) is 16.8 Å². The van der Waals surface area contributed by atoms with E-state index in [4.69, 9.17) is 4.42 Å². The van der Waals surface area contributed by atoms with Crippen molar-refractivity contribution in [2.45, 2.75) is 19.8 Å². The number of fused-ring (bicyclic) bond motifs is 1. The first-order valence-electron chi connectivity index (χ1n) is 8.40. The summed E-state index contributed by atoms with van der Waals surface area (Å²) in [6.07, 6.45) is 5.63. The molecular formula is C19H16BrN5O2. The molecule has 136 valence electrons. The molecule has 0 aliphatic rings. The number of carbonyl (C=O) groups is 1. The SMILES string of the molecule is Cc1nc(CCC(=O)Nc2nccn3nccc23)oc1-c1ccc(Br)cc1. The summed E-state index contributed by atoms with van der Waals surface area (Å²) in [6, 6.07) is 9.63. The van der Waals surface area contributed by atoms with E-state index in [0.29, 0.717) is 18.1 Å². The number of hydrogen-bond acceptors (Lipinski definition) is 5. The lowest BCUT2D eigenvalue weighted by atomic mass is 10.1. The Balaban J connectivity index is 1.43. The molecule has 0 atom stereocenters. The van der Waals surface area contributed by atoms with Gasteiger partial charge in [-0.15, -0.1) is 0 Å². The molecule has 4 aromatic rings. The van der Waals surface area contributed by atoms with E-state index in [9.17, 15) is 4.79 Å². The number of nitrogens with one attached hydrogen (secondary N) is 1. The van der Waals surface area contributed by atoms with Crippen molar-refractivity contribution >= 4 is 33.2 Å². The lowest BCUT2D eigenvalue weighted by Crippen LogP contribution is -2.14. The van der Waals surface area contributed by atoms with E-state index in [0.717, 1.165) is 27.0 Å². The van der Waals surface area contributed by atoms with Gasteiger partial charge in [0.25, 0.3) is 0 Å². The Bertz CT molecular complexity index is 1100. The number of rotatable bonds is 5. The average molecular weight is 426 g/mol. The van der Waals surface area contributed by atoms with Crippen LogP contribution >= 0.6 is 15.9 Å². The summed E-state index contributed by atoms with van der Waals surface area (Å²) in [5, 5.41) is 6.94. The molecule has 0 radical (unpaired) electrons. The Morgan fingerprint density at radius 1 is 1.22 bits per heavy atom. The molecule has 0 saturated heterocycles. The largest absolute Gasteiger partial charge is 0.440 e. The minimum atomic E-state index is -0.155. The number of carbonyl (C=O) groups excluding carboxylic acids is 1. The molecule has 4 rings (SSSR count). The van der Waals surface area contributed by atoms with E-state index < -0.39 is 0 Å². The third kappa shape index (κ3) is 3.75. The van der Waals surface area contributed by atoms with Crippen molar-refractivity contribution in [3.63, 3.8) is 0 Å². The number of aryl methyl sites for hydroxylation is 2. The maximum absolute atomic E-state index is 12.3. The first-order chi connectivity index (χ1) is 13.1. The van der Waals surface area contributed by atoms with Gasteiger partial charge in [0.2, 0.25) is 5.91 Å². The monoisotopic (exact) mass is 425 g/mol. The van der Waals surface area contributed by atoms with Crippen LogP contribution in [0.1, 0.15) is 18.0 Å². The molecule has 0 spiro atoms. The van der Waals surface area contributed by atoms with Crippen molar-refractivity contribution < 1.29 is 9.21 Å². The summed E-state index contributed by atoms with van der Waals surface area (Å²) in [7, 11) is 0. The predicted octanol–water partition coefficient (Wildman–Crippen LogP) is 4.03. The minimum absolute atomic E-state index is 0.155. The van der Waals surface area contributed by atoms with Gasteiger partial charge < -0.3 is 9.73 Å². The van der Waals surface area contributed by atoms with E-state index in [-0.39, 0.29) is 12.3 Å². The third-order valence-electron chi connectivity index (χ3n) is 4.10. The number of aromatic nitrogens is 4. The third-order valence-corrected chi connectivity index (χ3v) is 4.62. The van der Waals surface area contributed by atoms with Crippen LogP contribution in [0.15, 0.2) is 57.8 Å². The highest BCUT2D eigenvalue weighted by molar-refractivity contribution is 9.10. The molecule has 0 aliphatic heterocycles. The number of halogens is 1. The summed E-state index contributed by atoms with van der Waals surface area (Å²) in [6.45, 7) is 1.90. The summed E-state index contributed by atoms with van der Waals surface area (Å²) in [5.41, 5.74) is 2.50. The molecule has 0 unspecified atom stereocenters. The summed E-state index contributed by atoms with van der Waals surface area (Å²) < 4.78 is 8.52. The van der Waals surface area contributed by atoms with Gasteiger partial charge in [-0.1, -0.05) is 28.1 Å².